The Kier molecular flexibility index (Phi) is 4.81. The number of nitrogens with two attached hydrogens (primary N) is 1. The first-order valence-electron chi connectivity index (χ1n) is 7.49. The third-order valence-corrected chi connectivity index (χ3v) is 3.89. The van der Waals surface area contributed by atoms with Gasteiger partial charge in [-0.2, -0.15) is 13.2 Å². The van der Waals surface area contributed by atoms with Crippen molar-refractivity contribution in [3.8, 4) is 0 Å². The summed E-state index contributed by atoms with van der Waals surface area (Å²) in [4.78, 5) is 2.12. The van der Waals surface area contributed by atoms with Crippen molar-refractivity contribution in [1.82, 2.24) is 0 Å². The van der Waals surface area contributed by atoms with E-state index in [0.717, 1.165) is 25.8 Å². The van der Waals surface area contributed by atoms with Crippen molar-refractivity contribution in [2.24, 2.45) is 11.7 Å². The predicted octanol–water partition coefficient (Wildman–Crippen LogP) is 4.18. The van der Waals surface area contributed by atoms with E-state index in [2.05, 4.69) is 18.7 Å². The van der Waals surface area contributed by atoms with Gasteiger partial charge in [0.15, 0.2) is 0 Å². The Morgan fingerprint density at radius 2 is 1.95 bits per heavy atom. The van der Waals surface area contributed by atoms with E-state index in [1.165, 1.54) is 12.1 Å². The zero-order chi connectivity index (χ0) is 15.6. The molecule has 0 aromatic heterocycles. The van der Waals surface area contributed by atoms with Gasteiger partial charge in [-0.3, -0.25) is 0 Å². The Morgan fingerprint density at radius 1 is 1.29 bits per heavy atom. The molecular formula is C16H23F3N2. The van der Waals surface area contributed by atoms with Crippen LogP contribution < -0.4 is 10.6 Å². The zero-order valence-electron chi connectivity index (χ0n) is 12.6. The summed E-state index contributed by atoms with van der Waals surface area (Å²) in [6, 6.07) is 4.95. The number of anilines is 1. The molecule has 0 aliphatic heterocycles. The Bertz CT molecular complexity index is 479. The van der Waals surface area contributed by atoms with Gasteiger partial charge in [0.1, 0.15) is 0 Å². The molecule has 0 atom stereocenters. The molecule has 1 aromatic rings. The molecule has 2 N–H and O–H groups in total. The van der Waals surface area contributed by atoms with Gasteiger partial charge in [-0.25, -0.2) is 0 Å². The fourth-order valence-electron chi connectivity index (χ4n) is 2.49. The van der Waals surface area contributed by atoms with Gasteiger partial charge < -0.3 is 10.6 Å². The van der Waals surface area contributed by atoms with Crippen LogP contribution in [-0.2, 0) is 12.7 Å². The van der Waals surface area contributed by atoms with Crippen LogP contribution in [-0.4, -0.2) is 12.6 Å². The summed E-state index contributed by atoms with van der Waals surface area (Å²) in [6.45, 7) is 4.97. The van der Waals surface area contributed by atoms with Gasteiger partial charge >= 0.3 is 6.18 Å². The summed E-state index contributed by atoms with van der Waals surface area (Å²) in [5.41, 5.74) is 5.66. The molecule has 0 spiro atoms. The average Bonchev–Trinajstić information content (AvgIpc) is 3.22. The molecule has 0 saturated heterocycles. The molecule has 0 heterocycles. The maximum absolute atomic E-state index is 13.1. The van der Waals surface area contributed by atoms with E-state index < -0.39 is 11.7 Å². The first-order valence-corrected chi connectivity index (χ1v) is 7.49. The van der Waals surface area contributed by atoms with E-state index >= 15 is 0 Å². The van der Waals surface area contributed by atoms with E-state index in [1.54, 1.807) is 6.07 Å². The maximum Gasteiger partial charge on any atom is 0.416 e. The van der Waals surface area contributed by atoms with E-state index in [0.29, 0.717) is 17.6 Å². The van der Waals surface area contributed by atoms with Gasteiger partial charge in [-0.15, -0.1) is 0 Å². The van der Waals surface area contributed by atoms with Crippen LogP contribution in [0.3, 0.4) is 0 Å². The standard InChI is InChI=1S/C16H23F3N2/c1-11(2)7-8-21(13-5-6-13)14-4-3-12(10-20)15(9-14)16(17,18)19/h3-4,9,11,13H,5-8,10,20H2,1-2H3. The minimum atomic E-state index is -4.35. The average molecular weight is 300 g/mol. The Hall–Kier alpha value is -1.23. The minimum Gasteiger partial charge on any atom is -0.369 e. The smallest absolute Gasteiger partial charge is 0.369 e. The molecule has 21 heavy (non-hydrogen) atoms. The van der Waals surface area contributed by atoms with Crippen LogP contribution in [0.1, 0.15) is 44.2 Å². The topological polar surface area (TPSA) is 29.3 Å². The lowest BCUT2D eigenvalue weighted by atomic mass is 10.0. The van der Waals surface area contributed by atoms with Crippen LogP contribution in [0.4, 0.5) is 18.9 Å². The maximum atomic E-state index is 13.1. The second kappa shape index (κ2) is 6.26. The van der Waals surface area contributed by atoms with Crippen molar-refractivity contribution in [2.75, 3.05) is 11.4 Å². The molecule has 1 aromatic carbocycles. The van der Waals surface area contributed by atoms with Gasteiger partial charge in [-0.1, -0.05) is 19.9 Å². The van der Waals surface area contributed by atoms with Crippen LogP contribution in [0, 0.1) is 5.92 Å². The molecular weight excluding hydrogens is 277 g/mol. The predicted molar refractivity (Wildman–Crippen MR) is 79.2 cm³/mol. The molecule has 2 rings (SSSR count). The highest BCUT2D eigenvalue weighted by molar-refractivity contribution is 5.53. The van der Waals surface area contributed by atoms with Gasteiger partial charge in [0.2, 0.25) is 0 Å². The lowest BCUT2D eigenvalue weighted by Gasteiger charge is -2.27. The van der Waals surface area contributed by atoms with E-state index in [9.17, 15) is 13.2 Å². The van der Waals surface area contributed by atoms with Crippen LogP contribution >= 0.6 is 0 Å². The Labute approximate surface area is 124 Å². The highest BCUT2D eigenvalue weighted by Gasteiger charge is 2.35. The minimum absolute atomic E-state index is 0.0927. The normalized spacial score (nSPS) is 15.6. The Balaban J connectivity index is 2.28. The van der Waals surface area contributed by atoms with Crippen LogP contribution in [0.25, 0.3) is 0 Å². The number of alkyl halides is 3. The van der Waals surface area contributed by atoms with Gasteiger partial charge in [0.25, 0.3) is 0 Å². The second-order valence-corrected chi connectivity index (χ2v) is 6.15. The highest BCUT2D eigenvalue weighted by Crippen LogP contribution is 2.37. The summed E-state index contributed by atoms with van der Waals surface area (Å²) in [6.07, 6.45) is -1.23. The van der Waals surface area contributed by atoms with Crippen LogP contribution in [0.2, 0.25) is 0 Å². The van der Waals surface area contributed by atoms with Gasteiger partial charge in [-0.05, 0) is 42.9 Å². The first-order chi connectivity index (χ1) is 9.82. The van der Waals surface area contributed by atoms with Crippen molar-refractivity contribution < 1.29 is 13.2 Å². The first kappa shape index (κ1) is 16.1. The van der Waals surface area contributed by atoms with Crippen molar-refractivity contribution in [1.29, 1.82) is 0 Å². The zero-order valence-corrected chi connectivity index (χ0v) is 12.6. The summed E-state index contributed by atoms with van der Waals surface area (Å²) in [5, 5.41) is 0. The summed E-state index contributed by atoms with van der Waals surface area (Å²) < 4.78 is 39.4. The van der Waals surface area contributed by atoms with Crippen LogP contribution in [0.5, 0.6) is 0 Å². The fraction of sp³-hybridized carbons (Fsp3) is 0.625. The summed E-state index contributed by atoms with van der Waals surface area (Å²) >= 11 is 0. The molecule has 1 aliphatic rings. The largest absolute Gasteiger partial charge is 0.416 e. The molecule has 5 heteroatoms. The molecule has 0 radical (unpaired) electrons. The number of halogens is 3. The molecule has 118 valence electrons. The van der Waals surface area contributed by atoms with Crippen molar-refractivity contribution in [2.45, 2.75) is 51.9 Å². The van der Waals surface area contributed by atoms with Gasteiger partial charge in [0, 0.05) is 24.8 Å². The highest BCUT2D eigenvalue weighted by atomic mass is 19.4. The number of rotatable bonds is 6. The van der Waals surface area contributed by atoms with E-state index in [4.69, 9.17) is 5.73 Å². The van der Waals surface area contributed by atoms with Crippen LogP contribution in [0.15, 0.2) is 18.2 Å². The third kappa shape index (κ3) is 4.13. The Morgan fingerprint density at radius 3 is 2.43 bits per heavy atom. The van der Waals surface area contributed by atoms with Gasteiger partial charge in [0.05, 0.1) is 5.56 Å². The van der Waals surface area contributed by atoms with Crippen molar-refractivity contribution in [3.63, 3.8) is 0 Å². The number of hydrogen-bond acceptors (Lipinski definition) is 2. The van der Waals surface area contributed by atoms with Crippen molar-refractivity contribution in [3.05, 3.63) is 29.3 Å². The summed E-state index contributed by atoms with van der Waals surface area (Å²) in [7, 11) is 0. The molecule has 0 bridgehead atoms. The third-order valence-electron chi connectivity index (χ3n) is 3.89. The summed E-state index contributed by atoms with van der Waals surface area (Å²) in [5.74, 6) is 0.539. The fourth-order valence-corrected chi connectivity index (χ4v) is 2.49. The molecule has 1 aliphatic carbocycles. The number of nitrogens with zero attached hydrogens (tertiary/aromatic N) is 1. The molecule has 1 saturated carbocycles. The lowest BCUT2D eigenvalue weighted by molar-refractivity contribution is -0.138. The number of hydrogen-bond donors (Lipinski definition) is 1. The molecule has 0 amide bonds. The molecule has 0 unspecified atom stereocenters. The quantitative estimate of drug-likeness (QED) is 0.854. The molecule has 2 nitrogen and oxygen atoms in total. The van der Waals surface area contributed by atoms with Crippen molar-refractivity contribution >= 4 is 5.69 Å². The van der Waals surface area contributed by atoms with E-state index in [-0.39, 0.29) is 12.1 Å². The monoisotopic (exact) mass is 300 g/mol. The molecule has 1 fully saturated rings. The second-order valence-electron chi connectivity index (χ2n) is 6.15. The number of benzene rings is 1. The van der Waals surface area contributed by atoms with E-state index in [1.807, 2.05) is 0 Å². The lowest BCUT2D eigenvalue weighted by Crippen LogP contribution is -2.28. The SMILES string of the molecule is CC(C)CCN(c1ccc(CN)c(C(F)(F)F)c1)C1CC1.